The first kappa shape index (κ1) is 11.2. The van der Waals surface area contributed by atoms with Gasteiger partial charge in [0.15, 0.2) is 0 Å². The van der Waals surface area contributed by atoms with Crippen LogP contribution in [0.2, 0.25) is 0 Å². The largest absolute Gasteiger partial charge is 0.348 e. The third-order valence-electron chi connectivity index (χ3n) is 3.41. The average Bonchev–Trinajstić information content (AvgIpc) is 2.71. The maximum Gasteiger partial charge on any atom is 0.266 e. The van der Waals surface area contributed by atoms with Crippen molar-refractivity contribution in [3.05, 3.63) is 23.5 Å². The number of hydrogen-bond acceptors (Lipinski definition) is 2. The SMILES string of the molecule is Cc1cc(C(=O)NN)cn1C1CCCCC1. The van der Waals surface area contributed by atoms with E-state index in [9.17, 15) is 4.79 Å². The summed E-state index contributed by atoms with van der Waals surface area (Å²) in [5.74, 6) is 4.92. The zero-order valence-electron chi connectivity index (χ0n) is 9.70. The van der Waals surface area contributed by atoms with Crippen LogP contribution in [0.1, 0.15) is 54.2 Å². The number of amides is 1. The van der Waals surface area contributed by atoms with Gasteiger partial charge in [0.1, 0.15) is 0 Å². The van der Waals surface area contributed by atoms with Crippen molar-refractivity contribution in [2.24, 2.45) is 5.84 Å². The molecule has 1 heterocycles. The van der Waals surface area contributed by atoms with E-state index in [1.165, 1.54) is 32.1 Å². The number of hydrogen-bond donors (Lipinski definition) is 2. The number of nitrogens with two attached hydrogens (primary N) is 1. The molecule has 1 aromatic heterocycles. The summed E-state index contributed by atoms with van der Waals surface area (Å²) >= 11 is 0. The molecule has 4 heteroatoms. The number of rotatable bonds is 2. The fourth-order valence-electron chi connectivity index (χ4n) is 2.55. The van der Waals surface area contributed by atoms with Crippen LogP contribution in [0.4, 0.5) is 0 Å². The van der Waals surface area contributed by atoms with Crippen molar-refractivity contribution in [1.29, 1.82) is 0 Å². The summed E-state index contributed by atoms with van der Waals surface area (Å²) in [6.45, 7) is 2.04. The number of aromatic nitrogens is 1. The Morgan fingerprint density at radius 2 is 2.12 bits per heavy atom. The Hall–Kier alpha value is -1.29. The summed E-state index contributed by atoms with van der Waals surface area (Å²) in [7, 11) is 0. The molecular formula is C12H19N3O. The van der Waals surface area contributed by atoms with E-state index >= 15 is 0 Å². The van der Waals surface area contributed by atoms with Gasteiger partial charge in [-0.1, -0.05) is 19.3 Å². The molecule has 88 valence electrons. The van der Waals surface area contributed by atoms with E-state index in [0.29, 0.717) is 11.6 Å². The minimum absolute atomic E-state index is 0.211. The summed E-state index contributed by atoms with van der Waals surface area (Å²) in [6.07, 6.45) is 8.29. The number of nitrogen functional groups attached to an aromatic ring is 1. The molecule has 0 spiro atoms. The second-order valence-electron chi connectivity index (χ2n) is 4.54. The van der Waals surface area contributed by atoms with Crippen LogP contribution in [0.25, 0.3) is 0 Å². The molecule has 1 aromatic rings. The first-order valence-corrected chi connectivity index (χ1v) is 5.92. The summed E-state index contributed by atoms with van der Waals surface area (Å²) in [5.41, 5.74) is 3.97. The van der Waals surface area contributed by atoms with Gasteiger partial charge in [0.2, 0.25) is 0 Å². The summed E-state index contributed by atoms with van der Waals surface area (Å²) < 4.78 is 2.23. The van der Waals surface area contributed by atoms with Crippen molar-refractivity contribution >= 4 is 5.91 Å². The van der Waals surface area contributed by atoms with E-state index in [1.54, 1.807) is 0 Å². The normalized spacial score (nSPS) is 17.4. The second-order valence-corrected chi connectivity index (χ2v) is 4.54. The molecule has 0 radical (unpaired) electrons. The predicted octanol–water partition coefficient (Wildman–Crippen LogP) is 1.91. The molecule has 4 nitrogen and oxygen atoms in total. The highest BCUT2D eigenvalue weighted by Crippen LogP contribution is 2.29. The van der Waals surface area contributed by atoms with E-state index in [2.05, 4.69) is 9.99 Å². The Labute approximate surface area is 95.8 Å². The molecule has 0 aromatic carbocycles. The zero-order chi connectivity index (χ0) is 11.5. The van der Waals surface area contributed by atoms with Crippen LogP contribution in [0, 0.1) is 6.92 Å². The highest BCUT2D eigenvalue weighted by Gasteiger charge is 2.18. The van der Waals surface area contributed by atoms with Gasteiger partial charge in [-0.2, -0.15) is 0 Å². The Bertz CT molecular complexity index is 378. The van der Waals surface area contributed by atoms with Crippen LogP contribution < -0.4 is 11.3 Å². The number of nitrogens with one attached hydrogen (secondary N) is 1. The molecule has 1 amide bonds. The molecular weight excluding hydrogens is 202 g/mol. The standard InChI is InChI=1S/C12H19N3O/c1-9-7-10(12(16)14-13)8-15(9)11-5-3-2-4-6-11/h7-8,11H,2-6,13H2,1H3,(H,14,16). The third-order valence-corrected chi connectivity index (χ3v) is 3.41. The van der Waals surface area contributed by atoms with E-state index in [4.69, 9.17) is 5.84 Å². The van der Waals surface area contributed by atoms with Crippen molar-refractivity contribution in [3.8, 4) is 0 Å². The van der Waals surface area contributed by atoms with Crippen LogP contribution >= 0.6 is 0 Å². The Morgan fingerprint density at radius 3 is 2.75 bits per heavy atom. The first-order valence-electron chi connectivity index (χ1n) is 5.92. The smallest absolute Gasteiger partial charge is 0.266 e. The lowest BCUT2D eigenvalue weighted by molar-refractivity contribution is 0.0953. The zero-order valence-corrected chi connectivity index (χ0v) is 9.70. The summed E-state index contributed by atoms with van der Waals surface area (Å²) in [5, 5.41) is 0. The van der Waals surface area contributed by atoms with Crippen molar-refractivity contribution in [2.45, 2.75) is 45.1 Å². The van der Waals surface area contributed by atoms with Gasteiger partial charge in [0.05, 0.1) is 5.56 Å². The van der Waals surface area contributed by atoms with Crippen LogP contribution in [0.3, 0.4) is 0 Å². The second kappa shape index (κ2) is 4.70. The molecule has 0 atom stereocenters. The monoisotopic (exact) mass is 221 g/mol. The molecule has 3 N–H and O–H groups in total. The fraction of sp³-hybridized carbons (Fsp3) is 0.583. The Kier molecular flexibility index (Phi) is 3.29. The number of hydrazine groups is 1. The molecule has 0 unspecified atom stereocenters. The van der Waals surface area contributed by atoms with Gasteiger partial charge in [0, 0.05) is 17.9 Å². The number of nitrogens with zero attached hydrogens (tertiary/aromatic N) is 1. The van der Waals surface area contributed by atoms with Gasteiger partial charge in [0.25, 0.3) is 5.91 Å². The molecule has 2 rings (SSSR count). The van der Waals surface area contributed by atoms with Gasteiger partial charge in [-0.3, -0.25) is 10.2 Å². The Morgan fingerprint density at radius 1 is 1.44 bits per heavy atom. The van der Waals surface area contributed by atoms with Gasteiger partial charge >= 0.3 is 0 Å². The van der Waals surface area contributed by atoms with Crippen LogP contribution in [0.5, 0.6) is 0 Å². The first-order chi connectivity index (χ1) is 7.72. The quantitative estimate of drug-likeness (QED) is 0.455. The number of carbonyl (C=O) groups is 1. The molecule has 0 saturated heterocycles. The number of carbonyl (C=O) groups excluding carboxylic acids is 1. The lowest BCUT2D eigenvalue weighted by Gasteiger charge is -2.24. The highest BCUT2D eigenvalue weighted by atomic mass is 16.2. The third kappa shape index (κ3) is 2.11. The van der Waals surface area contributed by atoms with Crippen molar-refractivity contribution in [2.75, 3.05) is 0 Å². The summed E-state index contributed by atoms with van der Waals surface area (Å²) in [4.78, 5) is 11.4. The lowest BCUT2D eigenvalue weighted by Crippen LogP contribution is -2.29. The predicted molar refractivity (Wildman–Crippen MR) is 62.9 cm³/mol. The molecule has 1 aliphatic carbocycles. The maximum atomic E-state index is 11.4. The van der Waals surface area contributed by atoms with Crippen LogP contribution in [-0.4, -0.2) is 10.5 Å². The minimum atomic E-state index is -0.211. The van der Waals surface area contributed by atoms with Gasteiger partial charge < -0.3 is 4.57 Å². The summed E-state index contributed by atoms with van der Waals surface area (Å²) in [6, 6.07) is 2.46. The maximum absolute atomic E-state index is 11.4. The van der Waals surface area contributed by atoms with Crippen LogP contribution in [0.15, 0.2) is 12.3 Å². The number of aryl methyl sites for hydroxylation is 1. The van der Waals surface area contributed by atoms with Crippen molar-refractivity contribution in [3.63, 3.8) is 0 Å². The minimum Gasteiger partial charge on any atom is -0.348 e. The van der Waals surface area contributed by atoms with E-state index in [-0.39, 0.29) is 5.91 Å². The fourth-order valence-corrected chi connectivity index (χ4v) is 2.55. The topological polar surface area (TPSA) is 60.1 Å². The van der Waals surface area contributed by atoms with Gasteiger partial charge in [-0.05, 0) is 25.8 Å². The molecule has 1 saturated carbocycles. The molecule has 16 heavy (non-hydrogen) atoms. The van der Waals surface area contributed by atoms with Crippen molar-refractivity contribution in [1.82, 2.24) is 9.99 Å². The van der Waals surface area contributed by atoms with Gasteiger partial charge in [-0.25, -0.2) is 5.84 Å². The van der Waals surface area contributed by atoms with E-state index < -0.39 is 0 Å². The van der Waals surface area contributed by atoms with Crippen molar-refractivity contribution < 1.29 is 4.79 Å². The van der Waals surface area contributed by atoms with Gasteiger partial charge in [-0.15, -0.1) is 0 Å². The average molecular weight is 221 g/mol. The Balaban J connectivity index is 2.20. The van der Waals surface area contributed by atoms with E-state index in [0.717, 1.165) is 5.69 Å². The molecule has 0 bridgehead atoms. The molecule has 0 aliphatic heterocycles. The van der Waals surface area contributed by atoms with Crippen LogP contribution in [-0.2, 0) is 0 Å². The lowest BCUT2D eigenvalue weighted by atomic mass is 9.95. The molecule has 1 fully saturated rings. The highest BCUT2D eigenvalue weighted by molar-refractivity contribution is 5.93. The molecule has 1 aliphatic rings. The van der Waals surface area contributed by atoms with E-state index in [1.807, 2.05) is 19.2 Å².